The quantitative estimate of drug-likeness (QED) is 0.455. The van der Waals surface area contributed by atoms with Crippen molar-refractivity contribution in [2.24, 2.45) is 0 Å². The van der Waals surface area contributed by atoms with Crippen molar-refractivity contribution in [2.75, 3.05) is 19.5 Å². The number of thioether (sulfide) groups is 1. The molecule has 0 spiro atoms. The van der Waals surface area contributed by atoms with Crippen molar-refractivity contribution < 1.29 is 9.47 Å². The zero-order valence-electron chi connectivity index (χ0n) is 14.3. The molecule has 0 saturated heterocycles. The van der Waals surface area contributed by atoms with Crippen molar-refractivity contribution >= 4 is 11.8 Å². The van der Waals surface area contributed by atoms with E-state index in [1.165, 1.54) is 5.56 Å². The van der Waals surface area contributed by atoms with Gasteiger partial charge in [0.1, 0.15) is 17.2 Å². The zero-order valence-corrected chi connectivity index (χ0v) is 15.1. The van der Waals surface area contributed by atoms with Gasteiger partial charge in [-0.3, -0.25) is 0 Å². The molecule has 1 aromatic heterocycles. The lowest BCUT2D eigenvalue weighted by molar-refractivity contribution is 0.343. The van der Waals surface area contributed by atoms with Crippen LogP contribution in [0.15, 0.2) is 53.7 Å². The number of rotatable bonds is 8. The first-order valence-electron chi connectivity index (χ1n) is 8.08. The molecule has 0 aliphatic heterocycles. The van der Waals surface area contributed by atoms with Gasteiger partial charge in [-0.1, -0.05) is 43.0 Å². The summed E-state index contributed by atoms with van der Waals surface area (Å²) in [6.07, 6.45) is 1.000. The number of nitrogens with zero attached hydrogens (tertiary/aromatic N) is 4. The van der Waals surface area contributed by atoms with Gasteiger partial charge in [-0.25, -0.2) is 0 Å². The van der Waals surface area contributed by atoms with E-state index in [0.29, 0.717) is 11.8 Å². The lowest BCUT2D eigenvalue weighted by Crippen LogP contribution is -2.04. The molecular formula is C18H20N4O2S. The normalized spacial score (nSPS) is 10.6. The lowest BCUT2D eigenvalue weighted by atomic mass is 10.2. The highest BCUT2D eigenvalue weighted by Gasteiger charge is 2.12. The van der Waals surface area contributed by atoms with Crippen LogP contribution in [0.25, 0.3) is 5.69 Å². The molecule has 130 valence electrons. The van der Waals surface area contributed by atoms with Crippen LogP contribution in [0.4, 0.5) is 0 Å². The Labute approximate surface area is 151 Å². The maximum Gasteiger partial charge on any atom is 0.214 e. The Bertz CT molecular complexity index is 822. The number of methoxy groups -OCH3 is 1. The summed E-state index contributed by atoms with van der Waals surface area (Å²) >= 11 is 1.54. The Hall–Kier alpha value is -2.54. The maximum absolute atomic E-state index is 5.81. The van der Waals surface area contributed by atoms with Gasteiger partial charge in [-0.2, -0.15) is 4.68 Å². The van der Waals surface area contributed by atoms with Gasteiger partial charge >= 0.3 is 0 Å². The van der Waals surface area contributed by atoms with E-state index in [1.54, 1.807) is 23.6 Å². The summed E-state index contributed by atoms with van der Waals surface area (Å²) in [5.41, 5.74) is 2.08. The number of hydrogen-bond acceptors (Lipinski definition) is 6. The smallest absolute Gasteiger partial charge is 0.214 e. The molecule has 0 fully saturated rings. The second-order valence-corrected chi connectivity index (χ2v) is 6.31. The summed E-state index contributed by atoms with van der Waals surface area (Å²) in [4.78, 5) is 0. The van der Waals surface area contributed by atoms with Crippen LogP contribution in [-0.4, -0.2) is 39.7 Å². The SMILES string of the molecule is CCc1cccc(OCCSc2nnnn2-c2ccccc2OC)c1. The van der Waals surface area contributed by atoms with Gasteiger partial charge < -0.3 is 9.47 Å². The van der Waals surface area contributed by atoms with Gasteiger partial charge in [-0.05, 0) is 46.7 Å². The molecule has 0 N–H and O–H groups in total. The molecule has 0 atom stereocenters. The van der Waals surface area contributed by atoms with Gasteiger partial charge in [0.25, 0.3) is 0 Å². The number of ether oxygens (including phenoxy) is 2. The van der Waals surface area contributed by atoms with E-state index in [-0.39, 0.29) is 0 Å². The Morgan fingerprint density at radius 3 is 2.84 bits per heavy atom. The fourth-order valence-corrected chi connectivity index (χ4v) is 3.07. The summed E-state index contributed by atoms with van der Waals surface area (Å²) in [6.45, 7) is 2.71. The fraction of sp³-hybridized carbons (Fsp3) is 0.278. The van der Waals surface area contributed by atoms with Gasteiger partial charge in [0.15, 0.2) is 0 Å². The highest BCUT2D eigenvalue weighted by Crippen LogP contribution is 2.25. The van der Waals surface area contributed by atoms with Crippen LogP contribution in [0.1, 0.15) is 12.5 Å². The maximum atomic E-state index is 5.81. The number of aromatic nitrogens is 4. The topological polar surface area (TPSA) is 62.1 Å². The fourth-order valence-electron chi connectivity index (χ4n) is 2.37. The zero-order chi connectivity index (χ0) is 17.5. The molecule has 1 heterocycles. The predicted molar refractivity (Wildman–Crippen MR) is 97.7 cm³/mol. The molecular weight excluding hydrogens is 336 g/mol. The van der Waals surface area contributed by atoms with Crippen molar-refractivity contribution in [1.29, 1.82) is 0 Å². The van der Waals surface area contributed by atoms with E-state index in [1.807, 2.05) is 36.4 Å². The van der Waals surface area contributed by atoms with Gasteiger partial charge in [0, 0.05) is 5.75 Å². The van der Waals surface area contributed by atoms with Crippen molar-refractivity contribution in [3.63, 3.8) is 0 Å². The number of aryl methyl sites for hydroxylation is 1. The highest BCUT2D eigenvalue weighted by molar-refractivity contribution is 7.99. The van der Waals surface area contributed by atoms with Crippen LogP contribution >= 0.6 is 11.8 Å². The molecule has 25 heavy (non-hydrogen) atoms. The Kier molecular flexibility index (Phi) is 5.90. The van der Waals surface area contributed by atoms with Gasteiger partial charge in [0.05, 0.1) is 13.7 Å². The van der Waals surface area contributed by atoms with E-state index in [9.17, 15) is 0 Å². The van der Waals surface area contributed by atoms with E-state index < -0.39 is 0 Å². The van der Waals surface area contributed by atoms with Crippen LogP contribution in [0.3, 0.4) is 0 Å². The largest absolute Gasteiger partial charge is 0.494 e. The summed E-state index contributed by atoms with van der Waals surface area (Å²) < 4.78 is 12.9. The summed E-state index contributed by atoms with van der Waals surface area (Å²) in [7, 11) is 1.63. The van der Waals surface area contributed by atoms with Gasteiger partial charge in [0.2, 0.25) is 5.16 Å². The number of hydrogen-bond donors (Lipinski definition) is 0. The van der Waals surface area contributed by atoms with Crippen molar-refractivity contribution in [1.82, 2.24) is 20.2 Å². The third-order valence-corrected chi connectivity index (χ3v) is 4.53. The molecule has 0 aliphatic carbocycles. The predicted octanol–water partition coefficient (Wildman–Crippen LogP) is 3.40. The van der Waals surface area contributed by atoms with Crippen LogP contribution in [0, 0.1) is 0 Å². The standard InChI is InChI=1S/C18H20N4O2S/c1-3-14-7-6-8-15(13-14)24-11-12-25-18-19-20-21-22(18)16-9-4-5-10-17(16)23-2/h4-10,13H,3,11-12H2,1-2H3. The Morgan fingerprint density at radius 2 is 2.00 bits per heavy atom. The third-order valence-electron chi connectivity index (χ3n) is 3.64. The Balaban J connectivity index is 1.60. The van der Waals surface area contributed by atoms with Crippen molar-refractivity contribution in [2.45, 2.75) is 18.5 Å². The molecule has 0 bridgehead atoms. The van der Waals surface area contributed by atoms with Crippen LogP contribution in [0.5, 0.6) is 11.5 Å². The summed E-state index contributed by atoms with van der Waals surface area (Å²) in [5.74, 6) is 2.36. The first kappa shape index (κ1) is 17.3. The van der Waals surface area contributed by atoms with Crippen LogP contribution in [0.2, 0.25) is 0 Å². The van der Waals surface area contributed by atoms with E-state index in [2.05, 4.69) is 34.6 Å². The number of benzene rings is 2. The third kappa shape index (κ3) is 4.30. The van der Waals surface area contributed by atoms with Crippen LogP contribution < -0.4 is 9.47 Å². The van der Waals surface area contributed by atoms with Gasteiger partial charge in [-0.15, -0.1) is 5.10 Å². The Morgan fingerprint density at radius 1 is 1.12 bits per heavy atom. The first-order chi connectivity index (χ1) is 12.3. The molecule has 3 aromatic rings. The highest BCUT2D eigenvalue weighted by atomic mass is 32.2. The monoisotopic (exact) mass is 356 g/mol. The average Bonchev–Trinajstić information content (AvgIpc) is 3.13. The van der Waals surface area contributed by atoms with E-state index in [0.717, 1.165) is 29.4 Å². The molecule has 0 radical (unpaired) electrons. The second-order valence-electron chi connectivity index (χ2n) is 5.24. The molecule has 0 unspecified atom stereocenters. The minimum absolute atomic E-state index is 0.580. The lowest BCUT2D eigenvalue weighted by Gasteiger charge is -2.09. The second kappa shape index (κ2) is 8.53. The minimum atomic E-state index is 0.580. The van der Waals surface area contributed by atoms with Crippen molar-refractivity contribution in [3.8, 4) is 17.2 Å². The van der Waals surface area contributed by atoms with E-state index >= 15 is 0 Å². The van der Waals surface area contributed by atoms with Crippen molar-refractivity contribution in [3.05, 3.63) is 54.1 Å². The summed E-state index contributed by atoms with van der Waals surface area (Å²) in [5, 5.41) is 12.6. The molecule has 7 heteroatoms. The molecule has 0 amide bonds. The number of para-hydroxylation sites is 2. The minimum Gasteiger partial charge on any atom is -0.494 e. The molecule has 0 aliphatic rings. The average molecular weight is 356 g/mol. The molecule has 2 aromatic carbocycles. The molecule has 6 nitrogen and oxygen atoms in total. The molecule has 3 rings (SSSR count). The van der Waals surface area contributed by atoms with Crippen LogP contribution in [-0.2, 0) is 6.42 Å². The van der Waals surface area contributed by atoms with E-state index in [4.69, 9.17) is 9.47 Å². The molecule has 0 saturated carbocycles. The first-order valence-corrected chi connectivity index (χ1v) is 9.06. The number of tetrazole rings is 1. The summed E-state index contributed by atoms with van der Waals surface area (Å²) in [6, 6.07) is 15.8.